The van der Waals surface area contributed by atoms with Crippen molar-refractivity contribution in [1.29, 1.82) is 0 Å². The highest BCUT2D eigenvalue weighted by Crippen LogP contribution is 2.25. The largest absolute Gasteiger partial charge is 0.463 e. The average molecular weight is 217 g/mol. The lowest BCUT2D eigenvalue weighted by Crippen LogP contribution is -2.00. The Labute approximate surface area is 94.8 Å². The predicted octanol–water partition coefficient (Wildman–Crippen LogP) is 2.63. The summed E-state index contributed by atoms with van der Waals surface area (Å²) in [5, 5.41) is 10.1. The lowest BCUT2D eigenvalue weighted by Gasteiger charge is -2.05. The van der Waals surface area contributed by atoms with E-state index in [2.05, 4.69) is 4.98 Å². The van der Waals surface area contributed by atoms with E-state index in [4.69, 9.17) is 4.42 Å². The molecule has 2 aromatic heterocycles. The van der Waals surface area contributed by atoms with Crippen LogP contribution < -0.4 is 0 Å². The third-order valence-electron chi connectivity index (χ3n) is 2.60. The number of rotatable bonds is 3. The van der Waals surface area contributed by atoms with Gasteiger partial charge in [-0.3, -0.25) is 4.98 Å². The number of pyridine rings is 1. The van der Waals surface area contributed by atoms with Crippen LogP contribution >= 0.6 is 0 Å². The Hall–Kier alpha value is -1.61. The molecule has 0 radical (unpaired) electrons. The maximum atomic E-state index is 10.1. The Morgan fingerprint density at radius 3 is 2.81 bits per heavy atom. The highest BCUT2D eigenvalue weighted by molar-refractivity contribution is 5.25. The Morgan fingerprint density at radius 1 is 1.44 bits per heavy atom. The minimum absolute atomic E-state index is 0.563. The van der Waals surface area contributed by atoms with Gasteiger partial charge in [-0.05, 0) is 30.7 Å². The molecule has 1 unspecified atom stereocenters. The first-order valence-electron chi connectivity index (χ1n) is 5.40. The number of aliphatic hydroxyl groups is 1. The molecule has 0 spiro atoms. The monoisotopic (exact) mass is 217 g/mol. The number of aryl methyl sites for hydroxylation is 2. The van der Waals surface area contributed by atoms with Gasteiger partial charge in [0, 0.05) is 12.6 Å². The van der Waals surface area contributed by atoms with E-state index in [-0.39, 0.29) is 0 Å². The lowest BCUT2D eigenvalue weighted by atomic mass is 10.1. The van der Waals surface area contributed by atoms with Gasteiger partial charge in [-0.25, -0.2) is 0 Å². The maximum Gasteiger partial charge on any atom is 0.153 e. The van der Waals surface area contributed by atoms with Gasteiger partial charge in [-0.15, -0.1) is 0 Å². The second-order valence-corrected chi connectivity index (χ2v) is 3.77. The third-order valence-corrected chi connectivity index (χ3v) is 2.60. The highest BCUT2D eigenvalue weighted by atomic mass is 16.4. The molecule has 0 aliphatic heterocycles. The first-order valence-corrected chi connectivity index (χ1v) is 5.40. The van der Waals surface area contributed by atoms with Gasteiger partial charge in [0.25, 0.3) is 0 Å². The first kappa shape index (κ1) is 10.9. The molecule has 84 valence electrons. The van der Waals surface area contributed by atoms with E-state index in [9.17, 15) is 5.11 Å². The Balaban J connectivity index is 2.31. The Bertz CT molecular complexity index is 462. The fourth-order valence-electron chi connectivity index (χ4n) is 1.72. The summed E-state index contributed by atoms with van der Waals surface area (Å²) >= 11 is 0. The molecule has 0 fully saturated rings. The topological polar surface area (TPSA) is 46.3 Å². The van der Waals surface area contributed by atoms with E-state index in [0.717, 1.165) is 17.7 Å². The number of furan rings is 1. The summed E-state index contributed by atoms with van der Waals surface area (Å²) in [5.41, 5.74) is 1.69. The molecule has 16 heavy (non-hydrogen) atoms. The van der Waals surface area contributed by atoms with E-state index in [0.29, 0.717) is 11.5 Å². The van der Waals surface area contributed by atoms with Gasteiger partial charge < -0.3 is 9.52 Å². The zero-order valence-electron chi connectivity index (χ0n) is 9.47. The van der Waals surface area contributed by atoms with Crippen molar-refractivity contribution in [3.8, 4) is 0 Å². The van der Waals surface area contributed by atoms with Gasteiger partial charge in [0.2, 0.25) is 0 Å². The summed E-state index contributed by atoms with van der Waals surface area (Å²) in [6, 6.07) is 7.33. The molecule has 0 saturated carbocycles. The van der Waals surface area contributed by atoms with Crippen LogP contribution in [0.15, 0.2) is 34.9 Å². The minimum atomic E-state index is -0.778. The van der Waals surface area contributed by atoms with Gasteiger partial charge in [0.05, 0.1) is 5.69 Å². The smallest absolute Gasteiger partial charge is 0.153 e. The van der Waals surface area contributed by atoms with Gasteiger partial charge in [-0.2, -0.15) is 0 Å². The van der Waals surface area contributed by atoms with Crippen LogP contribution in [0.3, 0.4) is 0 Å². The van der Waals surface area contributed by atoms with Crippen molar-refractivity contribution in [3.63, 3.8) is 0 Å². The van der Waals surface area contributed by atoms with Gasteiger partial charge in [0.15, 0.2) is 6.10 Å². The second kappa shape index (κ2) is 4.49. The minimum Gasteiger partial charge on any atom is -0.463 e. The van der Waals surface area contributed by atoms with Crippen LogP contribution in [0, 0.1) is 6.92 Å². The highest BCUT2D eigenvalue weighted by Gasteiger charge is 2.17. The summed E-state index contributed by atoms with van der Waals surface area (Å²) in [7, 11) is 0. The summed E-state index contributed by atoms with van der Waals surface area (Å²) in [6.07, 6.45) is 1.72. The van der Waals surface area contributed by atoms with Crippen molar-refractivity contribution in [2.45, 2.75) is 26.4 Å². The predicted molar refractivity (Wildman–Crippen MR) is 61.1 cm³/mol. The molecule has 3 nitrogen and oxygen atoms in total. The molecule has 0 amide bonds. The van der Waals surface area contributed by atoms with Crippen LogP contribution in [0.1, 0.15) is 35.8 Å². The van der Waals surface area contributed by atoms with Gasteiger partial charge in [0.1, 0.15) is 11.5 Å². The number of nitrogens with zero attached hydrogens (tertiary/aromatic N) is 1. The summed E-state index contributed by atoms with van der Waals surface area (Å²) < 4.78 is 5.59. The van der Waals surface area contributed by atoms with Crippen molar-refractivity contribution in [3.05, 3.63) is 53.2 Å². The SMILES string of the molecule is CCc1oc(C(O)c2ccccn2)cc1C. The van der Waals surface area contributed by atoms with Crippen LogP contribution in [0.25, 0.3) is 0 Å². The molecule has 2 heterocycles. The van der Waals surface area contributed by atoms with E-state index < -0.39 is 6.10 Å². The van der Waals surface area contributed by atoms with Crippen LogP contribution in [0.4, 0.5) is 0 Å². The normalized spacial score (nSPS) is 12.7. The molecular weight excluding hydrogens is 202 g/mol. The molecule has 0 bridgehead atoms. The molecule has 1 N–H and O–H groups in total. The van der Waals surface area contributed by atoms with E-state index >= 15 is 0 Å². The molecular formula is C13H15NO2. The Kier molecular flexibility index (Phi) is 3.06. The second-order valence-electron chi connectivity index (χ2n) is 3.77. The standard InChI is InChI=1S/C13H15NO2/c1-3-11-9(2)8-12(16-11)13(15)10-6-4-5-7-14-10/h4-8,13,15H,3H2,1-2H3. The van der Waals surface area contributed by atoms with Crippen LogP contribution in [-0.4, -0.2) is 10.1 Å². The van der Waals surface area contributed by atoms with Crippen LogP contribution in [0.2, 0.25) is 0 Å². The van der Waals surface area contributed by atoms with E-state index in [1.807, 2.05) is 32.0 Å². The Morgan fingerprint density at radius 2 is 2.25 bits per heavy atom. The number of hydrogen-bond acceptors (Lipinski definition) is 3. The van der Waals surface area contributed by atoms with E-state index in [1.54, 1.807) is 12.3 Å². The fraction of sp³-hybridized carbons (Fsp3) is 0.308. The average Bonchev–Trinajstić information content (AvgIpc) is 2.71. The molecule has 2 aromatic rings. The zero-order valence-corrected chi connectivity index (χ0v) is 9.47. The van der Waals surface area contributed by atoms with Crippen molar-refractivity contribution in [2.75, 3.05) is 0 Å². The van der Waals surface area contributed by atoms with Crippen LogP contribution in [-0.2, 0) is 6.42 Å². The quantitative estimate of drug-likeness (QED) is 0.859. The lowest BCUT2D eigenvalue weighted by molar-refractivity contribution is 0.182. The van der Waals surface area contributed by atoms with Crippen LogP contribution in [0.5, 0.6) is 0 Å². The van der Waals surface area contributed by atoms with Crippen molar-refractivity contribution >= 4 is 0 Å². The van der Waals surface area contributed by atoms with Gasteiger partial charge >= 0.3 is 0 Å². The number of hydrogen-bond donors (Lipinski definition) is 1. The summed E-state index contributed by atoms with van der Waals surface area (Å²) in [6.45, 7) is 4.01. The fourth-order valence-corrected chi connectivity index (χ4v) is 1.72. The number of aliphatic hydroxyl groups excluding tert-OH is 1. The van der Waals surface area contributed by atoms with Crippen molar-refractivity contribution in [1.82, 2.24) is 4.98 Å². The molecule has 0 aliphatic rings. The summed E-state index contributed by atoms with van der Waals surface area (Å²) in [5.74, 6) is 1.48. The van der Waals surface area contributed by atoms with Crippen molar-refractivity contribution < 1.29 is 9.52 Å². The van der Waals surface area contributed by atoms with Crippen molar-refractivity contribution in [2.24, 2.45) is 0 Å². The first-order chi connectivity index (χ1) is 7.72. The van der Waals surface area contributed by atoms with E-state index in [1.165, 1.54) is 0 Å². The zero-order chi connectivity index (χ0) is 11.5. The molecule has 2 rings (SSSR count). The molecule has 0 aliphatic carbocycles. The molecule has 3 heteroatoms. The molecule has 1 atom stereocenters. The summed E-state index contributed by atoms with van der Waals surface area (Å²) in [4.78, 5) is 4.11. The molecule has 0 aromatic carbocycles. The molecule has 0 saturated heterocycles. The maximum absolute atomic E-state index is 10.1. The number of aromatic nitrogens is 1. The van der Waals surface area contributed by atoms with Gasteiger partial charge in [-0.1, -0.05) is 13.0 Å². The third kappa shape index (κ3) is 1.99.